The molecule has 1 aromatic carbocycles. The number of likely N-dealkylation sites (tertiary alicyclic amines) is 1. The third-order valence-electron chi connectivity index (χ3n) is 4.70. The number of aromatic nitrogens is 2. The van der Waals surface area contributed by atoms with E-state index >= 15 is 0 Å². The number of imidazole rings is 1. The second-order valence-electron chi connectivity index (χ2n) is 6.51. The maximum atomic E-state index is 13.2. The lowest BCUT2D eigenvalue weighted by molar-refractivity contribution is -0.116. The second-order valence-corrected chi connectivity index (χ2v) is 6.51. The minimum atomic E-state index is -0.344. The highest BCUT2D eigenvalue weighted by atomic mass is 19.1. The van der Waals surface area contributed by atoms with Crippen LogP contribution in [-0.2, 0) is 11.2 Å². The number of piperidine rings is 1. The first-order chi connectivity index (χ1) is 12.2. The fraction of sp³-hybridized carbons (Fsp3) is 0.474. The van der Waals surface area contributed by atoms with Gasteiger partial charge in [0, 0.05) is 50.1 Å². The molecule has 1 aromatic heterocycles. The van der Waals surface area contributed by atoms with E-state index in [-0.39, 0.29) is 11.7 Å². The molecule has 0 aliphatic carbocycles. The summed E-state index contributed by atoms with van der Waals surface area (Å²) in [4.78, 5) is 18.8. The Labute approximate surface area is 147 Å². The summed E-state index contributed by atoms with van der Waals surface area (Å²) in [7, 11) is 0. The Morgan fingerprint density at radius 3 is 3.12 bits per heavy atom. The molecule has 0 saturated carbocycles. The lowest BCUT2D eigenvalue weighted by Crippen LogP contribution is -2.38. The number of aryl methyl sites for hydroxylation is 1. The molecule has 1 amide bonds. The van der Waals surface area contributed by atoms with Crippen molar-refractivity contribution < 1.29 is 9.18 Å². The third-order valence-corrected chi connectivity index (χ3v) is 4.70. The van der Waals surface area contributed by atoms with Gasteiger partial charge in [-0.1, -0.05) is 13.0 Å². The van der Waals surface area contributed by atoms with Gasteiger partial charge in [0.15, 0.2) is 0 Å². The van der Waals surface area contributed by atoms with E-state index in [0.717, 1.165) is 38.2 Å². The van der Waals surface area contributed by atoms with Crippen molar-refractivity contribution in [2.75, 3.05) is 25.0 Å². The summed E-state index contributed by atoms with van der Waals surface area (Å²) in [5.41, 5.74) is 0.507. The maximum absolute atomic E-state index is 13.2. The normalized spacial score (nSPS) is 18.2. The number of hydrogen-bond acceptors (Lipinski definition) is 3. The number of anilines is 1. The van der Waals surface area contributed by atoms with Gasteiger partial charge in [0.25, 0.3) is 0 Å². The molecule has 0 spiro atoms. The highest BCUT2D eigenvalue weighted by Gasteiger charge is 2.22. The number of hydrogen-bond donors (Lipinski definition) is 1. The fourth-order valence-electron chi connectivity index (χ4n) is 3.46. The smallest absolute Gasteiger partial charge is 0.225 e. The summed E-state index contributed by atoms with van der Waals surface area (Å²) < 4.78 is 15.4. The monoisotopic (exact) mass is 344 g/mol. The van der Waals surface area contributed by atoms with Crippen LogP contribution in [-0.4, -0.2) is 40.0 Å². The van der Waals surface area contributed by atoms with Crippen LogP contribution < -0.4 is 5.32 Å². The first-order valence-corrected chi connectivity index (χ1v) is 8.95. The summed E-state index contributed by atoms with van der Waals surface area (Å²) in [5.74, 6) is 0.698. The number of nitrogens with zero attached hydrogens (tertiary/aromatic N) is 3. The predicted molar refractivity (Wildman–Crippen MR) is 96.0 cm³/mol. The van der Waals surface area contributed by atoms with Crippen molar-refractivity contribution >= 4 is 11.6 Å². The van der Waals surface area contributed by atoms with Crippen LogP contribution in [0.2, 0.25) is 0 Å². The largest absolute Gasteiger partial charge is 0.331 e. The number of halogens is 1. The molecule has 0 radical (unpaired) electrons. The van der Waals surface area contributed by atoms with Crippen molar-refractivity contribution in [1.82, 2.24) is 14.5 Å². The molecular formula is C19H25FN4O. The Kier molecular flexibility index (Phi) is 5.81. The highest BCUT2D eigenvalue weighted by Crippen LogP contribution is 2.23. The van der Waals surface area contributed by atoms with E-state index in [9.17, 15) is 9.18 Å². The van der Waals surface area contributed by atoms with Gasteiger partial charge >= 0.3 is 0 Å². The Morgan fingerprint density at radius 1 is 1.44 bits per heavy atom. The molecule has 2 aromatic rings. The molecule has 1 saturated heterocycles. The first-order valence-electron chi connectivity index (χ1n) is 8.95. The second kappa shape index (κ2) is 8.25. The molecule has 134 valence electrons. The number of carbonyl (C=O) groups is 1. The molecule has 25 heavy (non-hydrogen) atoms. The van der Waals surface area contributed by atoms with Crippen LogP contribution in [0, 0.1) is 5.82 Å². The fourth-order valence-corrected chi connectivity index (χ4v) is 3.46. The summed E-state index contributed by atoms with van der Waals surface area (Å²) in [6.07, 6.45) is 7.54. The van der Waals surface area contributed by atoms with Gasteiger partial charge in [-0.05, 0) is 37.6 Å². The number of carbonyl (C=O) groups excluding carboxylic acids is 1. The molecular weight excluding hydrogens is 319 g/mol. The number of nitrogens with one attached hydrogen (secondary N) is 1. The van der Waals surface area contributed by atoms with Gasteiger partial charge in [0.05, 0.1) is 0 Å². The first kappa shape index (κ1) is 17.6. The molecule has 1 fully saturated rings. The van der Waals surface area contributed by atoms with Crippen molar-refractivity contribution in [2.24, 2.45) is 0 Å². The Hall–Kier alpha value is -2.21. The van der Waals surface area contributed by atoms with Gasteiger partial charge in [-0.3, -0.25) is 4.79 Å². The van der Waals surface area contributed by atoms with Gasteiger partial charge in [-0.15, -0.1) is 0 Å². The third kappa shape index (κ3) is 4.66. The standard InChI is InChI=1S/C19H25FN4O/c1-2-18-21-9-12-24(18)17-7-4-10-23(14-17)11-8-19(25)22-16-6-3-5-15(20)13-16/h3,5-6,9,12-13,17H,2,4,7-8,10-11,14H2,1H3,(H,22,25). The molecule has 6 heteroatoms. The van der Waals surface area contributed by atoms with Gasteiger partial charge < -0.3 is 14.8 Å². The highest BCUT2D eigenvalue weighted by molar-refractivity contribution is 5.90. The Morgan fingerprint density at radius 2 is 2.32 bits per heavy atom. The number of benzene rings is 1. The minimum Gasteiger partial charge on any atom is -0.331 e. The van der Waals surface area contributed by atoms with E-state index in [4.69, 9.17) is 0 Å². The van der Waals surface area contributed by atoms with Gasteiger partial charge in [0.1, 0.15) is 11.6 Å². The van der Waals surface area contributed by atoms with E-state index in [1.807, 2.05) is 6.20 Å². The van der Waals surface area contributed by atoms with Crippen molar-refractivity contribution in [3.63, 3.8) is 0 Å². The summed E-state index contributed by atoms with van der Waals surface area (Å²) >= 11 is 0. The summed E-state index contributed by atoms with van der Waals surface area (Å²) in [6, 6.07) is 6.42. The lowest BCUT2D eigenvalue weighted by atomic mass is 10.0. The molecule has 2 heterocycles. The molecule has 5 nitrogen and oxygen atoms in total. The average molecular weight is 344 g/mol. The van der Waals surface area contributed by atoms with E-state index in [2.05, 4.69) is 32.9 Å². The lowest BCUT2D eigenvalue weighted by Gasteiger charge is -2.34. The van der Waals surface area contributed by atoms with Gasteiger partial charge in [-0.25, -0.2) is 9.37 Å². The Balaban J connectivity index is 1.50. The van der Waals surface area contributed by atoms with Gasteiger partial charge in [-0.2, -0.15) is 0 Å². The van der Waals surface area contributed by atoms with Crippen LogP contribution >= 0.6 is 0 Å². The summed E-state index contributed by atoms with van der Waals surface area (Å²) in [5, 5.41) is 2.76. The van der Waals surface area contributed by atoms with Crippen LogP contribution in [0.1, 0.15) is 38.1 Å². The molecule has 3 rings (SSSR count). The topological polar surface area (TPSA) is 50.2 Å². The molecule has 1 aliphatic heterocycles. The zero-order valence-corrected chi connectivity index (χ0v) is 14.6. The minimum absolute atomic E-state index is 0.0791. The van der Waals surface area contributed by atoms with Crippen LogP contribution in [0.5, 0.6) is 0 Å². The average Bonchev–Trinajstić information content (AvgIpc) is 3.09. The molecule has 1 atom stereocenters. The molecule has 1 aliphatic rings. The molecule has 1 unspecified atom stereocenters. The number of rotatable bonds is 6. The van der Waals surface area contributed by atoms with Crippen molar-refractivity contribution in [2.45, 2.75) is 38.6 Å². The van der Waals surface area contributed by atoms with E-state index in [1.165, 1.54) is 12.1 Å². The molecule has 1 N–H and O–H groups in total. The zero-order valence-electron chi connectivity index (χ0n) is 14.6. The quantitative estimate of drug-likeness (QED) is 0.875. The van der Waals surface area contributed by atoms with E-state index in [0.29, 0.717) is 24.7 Å². The van der Waals surface area contributed by atoms with Crippen molar-refractivity contribution in [1.29, 1.82) is 0 Å². The van der Waals surface area contributed by atoms with Crippen LogP contribution in [0.3, 0.4) is 0 Å². The zero-order chi connectivity index (χ0) is 17.6. The maximum Gasteiger partial charge on any atom is 0.225 e. The SMILES string of the molecule is CCc1nccn1C1CCCN(CCC(=O)Nc2cccc(F)c2)C1. The molecule has 0 bridgehead atoms. The van der Waals surface area contributed by atoms with Crippen molar-refractivity contribution in [3.8, 4) is 0 Å². The van der Waals surface area contributed by atoms with Gasteiger partial charge in [0.2, 0.25) is 5.91 Å². The Bertz CT molecular complexity index is 715. The van der Waals surface area contributed by atoms with Crippen LogP contribution in [0.25, 0.3) is 0 Å². The van der Waals surface area contributed by atoms with Crippen LogP contribution in [0.15, 0.2) is 36.7 Å². The number of amides is 1. The summed E-state index contributed by atoms with van der Waals surface area (Å²) in [6.45, 7) is 4.79. The van der Waals surface area contributed by atoms with E-state index in [1.54, 1.807) is 12.1 Å². The van der Waals surface area contributed by atoms with E-state index < -0.39 is 0 Å². The van der Waals surface area contributed by atoms with Crippen molar-refractivity contribution in [3.05, 3.63) is 48.3 Å². The van der Waals surface area contributed by atoms with Crippen LogP contribution in [0.4, 0.5) is 10.1 Å². The predicted octanol–water partition coefficient (Wildman–Crippen LogP) is 3.25.